The first-order valence-corrected chi connectivity index (χ1v) is 10.1. The maximum Gasteiger partial charge on any atom is 0.259 e. The van der Waals surface area contributed by atoms with Gasteiger partial charge in [-0.3, -0.25) is 4.79 Å². The molecule has 0 saturated carbocycles. The topological polar surface area (TPSA) is 58.6 Å². The number of nitrogens with zero attached hydrogens (tertiary/aromatic N) is 2. The third-order valence-electron chi connectivity index (χ3n) is 3.99. The average molecular weight is 374 g/mol. The van der Waals surface area contributed by atoms with Crippen LogP contribution in [-0.2, 0) is 0 Å². The second kappa shape index (κ2) is 5.98. The molecule has 0 bridgehead atoms. The van der Waals surface area contributed by atoms with Gasteiger partial charge in [0.05, 0.1) is 20.9 Å². The molecule has 122 valence electrons. The summed E-state index contributed by atoms with van der Waals surface area (Å²) in [6.07, 6.45) is 0. The van der Waals surface area contributed by atoms with E-state index in [2.05, 4.69) is 21.0 Å². The highest BCUT2D eigenvalue weighted by molar-refractivity contribution is 8.01. The Bertz CT molecular complexity index is 1080. The van der Waals surface area contributed by atoms with E-state index in [-0.39, 0.29) is 10.8 Å². The zero-order chi connectivity index (χ0) is 16.8. The van der Waals surface area contributed by atoms with Crippen LogP contribution in [-0.4, -0.2) is 15.0 Å². The van der Waals surface area contributed by atoms with Gasteiger partial charge in [-0.2, -0.15) is 0 Å². The molecule has 0 aliphatic carbocycles. The Morgan fingerprint density at radius 2 is 1.96 bits per heavy atom. The third kappa shape index (κ3) is 2.66. The molecule has 0 saturated heterocycles. The number of aryl methyl sites for hydroxylation is 2. The fraction of sp³-hybridized carbons (Fsp3) is 0.235. The zero-order valence-electron chi connectivity index (χ0n) is 13.4. The van der Waals surface area contributed by atoms with Crippen LogP contribution in [0.2, 0.25) is 0 Å². The molecular weight excluding hydrogens is 358 g/mol. The lowest BCUT2D eigenvalue weighted by Gasteiger charge is -2.08. The largest absolute Gasteiger partial charge is 0.309 e. The molecule has 4 nitrogen and oxygen atoms in total. The standard InChI is InChI=1S/C17H15N3OS3/c1-8-9(2)22-16-13(8)15(21)19-14(20-16)10(3)23-17-18-11-6-4-5-7-12(11)24-17/h4-7,10H,1-3H3,(H,19,20,21). The van der Waals surface area contributed by atoms with Crippen molar-refractivity contribution >= 4 is 54.9 Å². The fourth-order valence-corrected chi connectivity index (χ4v) is 5.88. The molecule has 1 unspecified atom stereocenters. The lowest BCUT2D eigenvalue weighted by molar-refractivity contribution is 0.924. The van der Waals surface area contributed by atoms with Crippen molar-refractivity contribution in [2.45, 2.75) is 30.4 Å². The quantitative estimate of drug-likeness (QED) is 0.510. The van der Waals surface area contributed by atoms with Crippen LogP contribution in [0.5, 0.6) is 0 Å². The minimum Gasteiger partial charge on any atom is -0.309 e. The Balaban J connectivity index is 1.70. The normalized spacial score (nSPS) is 13.0. The number of H-pyrrole nitrogens is 1. The van der Waals surface area contributed by atoms with E-state index in [9.17, 15) is 4.79 Å². The maximum absolute atomic E-state index is 12.4. The summed E-state index contributed by atoms with van der Waals surface area (Å²) in [4.78, 5) is 26.7. The molecule has 1 N–H and O–H groups in total. The predicted molar refractivity (Wildman–Crippen MR) is 104 cm³/mol. The number of hydrogen-bond acceptors (Lipinski definition) is 6. The Labute approximate surface area is 151 Å². The van der Waals surface area contributed by atoms with Crippen molar-refractivity contribution in [1.29, 1.82) is 0 Å². The first-order valence-electron chi connectivity index (χ1n) is 7.55. The van der Waals surface area contributed by atoms with E-state index in [1.54, 1.807) is 34.4 Å². The number of rotatable bonds is 3. The SMILES string of the molecule is Cc1sc2nc(C(C)Sc3nc4ccccc4s3)[nH]c(=O)c2c1C. The number of nitrogens with one attached hydrogen (secondary N) is 1. The summed E-state index contributed by atoms with van der Waals surface area (Å²) in [7, 11) is 0. The predicted octanol–water partition coefficient (Wildman–Crippen LogP) is 5.06. The van der Waals surface area contributed by atoms with E-state index < -0.39 is 0 Å². The summed E-state index contributed by atoms with van der Waals surface area (Å²) in [5.74, 6) is 0.706. The van der Waals surface area contributed by atoms with Gasteiger partial charge in [-0.05, 0) is 38.5 Å². The van der Waals surface area contributed by atoms with E-state index in [0.29, 0.717) is 5.82 Å². The molecule has 4 aromatic rings. The van der Waals surface area contributed by atoms with Gasteiger partial charge >= 0.3 is 0 Å². The van der Waals surface area contributed by atoms with E-state index in [1.807, 2.05) is 39.0 Å². The molecule has 0 aliphatic heterocycles. The molecule has 0 amide bonds. The number of aromatic amines is 1. The highest BCUT2D eigenvalue weighted by atomic mass is 32.2. The van der Waals surface area contributed by atoms with Crippen LogP contribution in [0.25, 0.3) is 20.4 Å². The van der Waals surface area contributed by atoms with Gasteiger partial charge in [0.15, 0.2) is 4.34 Å². The molecule has 7 heteroatoms. The van der Waals surface area contributed by atoms with Crippen LogP contribution < -0.4 is 5.56 Å². The van der Waals surface area contributed by atoms with Gasteiger partial charge in [-0.25, -0.2) is 9.97 Å². The zero-order valence-corrected chi connectivity index (χ0v) is 15.9. The summed E-state index contributed by atoms with van der Waals surface area (Å²) >= 11 is 4.88. The van der Waals surface area contributed by atoms with Crippen LogP contribution >= 0.6 is 34.4 Å². The van der Waals surface area contributed by atoms with Crippen molar-refractivity contribution in [2.24, 2.45) is 0 Å². The van der Waals surface area contributed by atoms with Gasteiger partial charge in [-0.1, -0.05) is 23.9 Å². The summed E-state index contributed by atoms with van der Waals surface area (Å²) in [6.45, 7) is 6.05. The summed E-state index contributed by atoms with van der Waals surface area (Å²) in [5, 5.41) is 0.754. The molecule has 24 heavy (non-hydrogen) atoms. The molecule has 0 radical (unpaired) electrons. The Morgan fingerprint density at radius 3 is 2.75 bits per heavy atom. The number of hydrogen-bond donors (Lipinski definition) is 1. The van der Waals surface area contributed by atoms with Crippen molar-refractivity contribution in [3.63, 3.8) is 0 Å². The second-order valence-corrected chi connectivity index (χ2v) is 9.44. The number of para-hydroxylation sites is 1. The van der Waals surface area contributed by atoms with Gasteiger partial charge in [0, 0.05) is 4.88 Å². The third-order valence-corrected chi connectivity index (χ3v) is 7.33. The smallest absolute Gasteiger partial charge is 0.259 e. The van der Waals surface area contributed by atoms with Crippen LogP contribution in [0, 0.1) is 13.8 Å². The Hall–Kier alpha value is -1.70. The summed E-state index contributed by atoms with van der Waals surface area (Å²) < 4.78 is 2.17. The first kappa shape index (κ1) is 15.8. The molecule has 1 aromatic carbocycles. The molecule has 1 atom stereocenters. The van der Waals surface area contributed by atoms with Crippen LogP contribution in [0.3, 0.4) is 0 Å². The van der Waals surface area contributed by atoms with Crippen molar-refractivity contribution in [1.82, 2.24) is 15.0 Å². The highest BCUT2D eigenvalue weighted by Crippen LogP contribution is 2.38. The summed E-state index contributed by atoms with van der Waals surface area (Å²) in [5.41, 5.74) is 1.99. The van der Waals surface area contributed by atoms with Gasteiger partial charge in [0.25, 0.3) is 5.56 Å². The van der Waals surface area contributed by atoms with Crippen LogP contribution in [0.15, 0.2) is 33.4 Å². The Morgan fingerprint density at radius 1 is 1.17 bits per heavy atom. The van der Waals surface area contributed by atoms with Gasteiger partial charge in [-0.15, -0.1) is 22.7 Å². The number of thiophene rings is 1. The number of aromatic nitrogens is 3. The van der Waals surface area contributed by atoms with Crippen LogP contribution in [0.1, 0.15) is 28.4 Å². The average Bonchev–Trinajstić information content (AvgIpc) is 3.08. The Kier molecular flexibility index (Phi) is 3.94. The van der Waals surface area contributed by atoms with E-state index >= 15 is 0 Å². The highest BCUT2D eigenvalue weighted by Gasteiger charge is 2.17. The van der Waals surface area contributed by atoms with Gasteiger partial charge in [0.1, 0.15) is 10.7 Å². The minimum atomic E-state index is -0.0476. The molecule has 0 aliphatic rings. The number of thioether (sulfide) groups is 1. The fourth-order valence-electron chi connectivity index (χ4n) is 2.57. The monoisotopic (exact) mass is 373 g/mol. The number of benzene rings is 1. The van der Waals surface area contributed by atoms with E-state index in [0.717, 1.165) is 30.5 Å². The molecule has 0 spiro atoms. The lowest BCUT2D eigenvalue weighted by atomic mass is 10.2. The van der Waals surface area contributed by atoms with Gasteiger partial charge < -0.3 is 4.98 Å². The number of thiazole rings is 1. The molecule has 3 heterocycles. The van der Waals surface area contributed by atoms with E-state index in [1.165, 1.54) is 4.70 Å². The maximum atomic E-state index is 12.4. The van der Waals surface area contributed by atoms with Crippen molar-refractivity contribution in [3.8, 4) is 0 Å². The second-order valence-electron chi connectivity index (χ2n) is 5.62. The van der Waals surface area contributed by atoms with Crippen molar-refractivity contribution < 1.29 is 0 Å². The molecular formula is C17H15N3OS3. The summed E-state index contributed by atoms with van der Waals surface area (Å²) in [6, 6.07) is 8.11. The van der Waals surface area contributed by atoms with Crippen LogP contribution in [0.4, 0.5) is 0 Å². The number of fused-ring (bicyclic) bond motifs is 2. The minimum absolute atomic E-state index is 0.0328. The van der Waals surface area contributed by atoms with Crippen molar-refractivity contribution in [3.05, 3.63) is 50.9 Å². The molecule has 4 rings (SSSR count). The molecule has 0 fully saturated rings. The van der Waals surface area contributed by atoms with Crippen molar-refractivity contribution in [2.75, 3.05) is 0 Å². The van der Waals surface area contributed by atoms with Gasteiger partial charge in [0.2, 0.25) is 0 Å². The first-order chi connectivity index (χ1) is 11.5. The molecule has 3 aromatic heterocycles. The van der Waals surface area contributed by atoms with E-state index in [4.69, 9.17) is 0 Å². The lowest BCUT2D eigenvalue weighted by Crippen LogP contribution is -2.12.